The van der Waals surface area contributed by atoms with Gasteiger partial charge in [0.25, 0.3) is 0 Å². The van der Waals surface area contributed by atoms with Crippen LogP contribution in [0.2, 0.25) is 0 Å². The van der Waals surface area contributed by atoms with Crippen LogP contribution in [0.5, 0.6) is 0 Å². The number of esters is 1. The molecule has 0 bridgehead atoms. The van der Waals surface area contributed by atoms with Gasteiger partial charge in [-0.05, 0) is 6.92 Å². The van der Waals surface area contributed by atoms with E-state index in [0.717, 1.165) is 0 Å². The van der Waals surface area contributed by atoms with Crippen LogP contribution in [0.15, 0.2) is 0 Å². The zero-order valence-electron chi connectivity index (χ0n) is 6.86. The van der Waals surface area contributed by atoms with Crippen LogP contribution in [0.3, 0.4) is 0 Å². The Morgan fingerprint density at radius 1 is 1.83 bits per heavy atom. The molecule has 2 atom stereocenters. The van der Waals surface area contributed by atoms with E-state index in [2.05, 4.69) is 4.74 Å². The zero-order chi connectivity index (χ0) is 8.65. The summed E-state index contributed by atoms with van der Waals surface area (Å²) in [7, 11) is 0. The van der Waals surface area contributed by atoms with E-state index in [4.69, 9.17) is 0 Å². The Morgan fingerprint density at radius 3 is 2.50 bits per heavy atom. The largest absolute Gasteiger partial charge is 1.00 e. The van der Waals surface area contributed by atoms with Gasteiger partial charge >= 0.3 is 35.5 Å². The van der Waals surface area contributed by atoms with Gasteiger partial charge in [-0.25, -0.2) is 0 Å². The number of ether oxygens (including phenoxy) is 1. The number of hydrogen-bond acceptors (Lipinski definition) is 5. The van der Waals surface area contributed by atoms with Crippen molar-refractivity contribution in [3.8, 4) is 0 Å². The molecule has 0 aromatic heterocycles. The molecular formula is C6H7NaO5. The molecule has 62 valence electrons. The molecule has 5 nitrogen and oxygen atoms in total. The van der Waals surface area contributed by atoms with E-state index >= 15 is 0 Å². The first-order chi connectivity index (χ1) is 4.97. The molecule has 0 aromatic carbocycles. The number of rotatable bonds is 1. The molecule has 1 aliphatic heterocycles. The fourth-order valence-corrected chi connectivity index (χ4v) is 0.938. The van der Waals surface area contributed by atoms with Crippen molar-refractivity contribution in [3.05, 3.63) is 0 Å². The first-order valence-electron chi connectivity index (χ1n) is 3.10. The molecule has 0 amide bonds. The Bertz CT molecular complexity index is 216. The van der Waals surface area contributed by atoms with Gasteiger partial charge in [0, 0.05) is 0 Å². The molecule has 1 heterocycles. The predicted molar refractivity (Wildman–Crippen MR) is 30.1 cm³/mol. The van der Waals surface area contributed by atoms with Gasteiger partial charge in [0.1, 0.15) is 6.10 Å². The quantitative estimate of drug-likeness (QED) is 0.323. The third-order valence-corrected chi connectivity index (χ3v) is 1.75. The van der Waals surface area contributed by atoms with Gasteiger partial charge in [-0.2, -0.15) is 0 Å². The molecule has 0 aliphatic carbocycles. The summed E-state index contributed by atoms with van der Waals surface area (Å²) in [6, 6.07) is 0. The standard InChI is InChI=1S/C6H8O5.Na/c1-3-6(10,5(8)9)2-4(7)11-3;/h3,10H,2H2,1H3,(H,8,9);/q;+1/p-1. The Labute approximate surface area is 91.0 Å². The molecule has 12 heavy (non-hydrogen) atoms. The number of aliphatic hydroxyl groups is 1. The van der Waals surface area contributed by atoms with Crippen molar-refractivity contribution in [2.24, 2.45) is 0 Å². The summed E-state index contributed by atoms with van der Waals surface area (Å²) < 4.78 is 4.43. The molecule has 0 radical (unpaired) electrons. The summed E-state index contributed by atoms with van der Waals surface area (Å²) in [5.74, 6) is -2.39. The second-order valence-corrected chi connectivity index (χ2v) is 2.52. The average Bonchev–Trinajstić information content (AvgIpc) is 2.08. The van der Waals surface area contributed by atoms with Crippen LogP contribution in [-0.4, -0.2) is 28.8 Å². The van der Waals surface area contributed by atoms with Gasteiger partial charge in [-0.3, -0.25) is 4.79 Å². The second kappa shape index (κ2) is 3.74. The number of hydrogen-bond donors (Lipinski definition) is 1. The summed E-state index contributed by atoms with van der Waals surface area (Å²) in [6.07, 6.45) is -1.56. The summed E-state index contributed by atoms with van der Waals surface area (Å²) in [5, 5.41) is 19.5. The fourth-order valence-electron chi connectivity index (χ4n) is 0.938. The third kappa shape index (κ3) is 1.80. The molecule has 1 saturated heterocycles. The van der Waals surface area contributed by atoms with E-state index < -0.39 is 30.1 Å². The summed E-state index contributed by atoms with van der Waals surface area (Å²) in [6.45, 7) is 1.31. The summed E-state index contributed by atoms with van der Waals surface area (Å²) in [5.41, 5.74) is -2.14. The van der Waals surface area contributed by atoms with Gasteiger partial charge in [-0.1, -0.05) is 0 Å². The molecule has 6 heteroatoms. The maximum absolute atomic E-state index is 10.5. The topological polar surface area (TPSA) is 86.7 Å². The number of aliphatic carboxylic acids is 1. The van der Waals surface area contributed by atoms with E-state index in [9.17, 15) is 19.8 Å². The van der Waals surface area contributed by atoms with E-state index in [-0.39, 0.29) is 29.6 Å². The fraction of sp³-hybridized carbons (Fsp3) is 0.667. The van der Waals surface area contributed by atoms with Crippen molar-refractivity contribution in [3.63, 3.8) is 0 Å². The van der Waals surface area contributed by atoms with E-state index in [0.29, 0.717) is 0 Å². The van der Waals surface area contributed by atoms with E-state index in [1.54, 1.807) is 0 Å². The number of carbonyl (C=O) groups is 2. The third-order valence-electron chi connectivity index (χ3n) is 1.75. The van der Waals surface area contributed by atoms with Crippen molar-refractivity contribution in [1.29, 1.82) is 0 Å². The first kappa shape index (κ1) is 11.9. The monoisotopic (exact) mass is 182 g/mol. The Balaban J connectivity index is 0.00000121. The minimum Gasteiger partial charge on any atom is -0.547 e. The van der Waals surface area contributed by atoms with Gasteiger partial charge < -0.3 is 19.7 Å². The Morgan fingerprint density at radius 2 is 2.33 bits per heavy atom. The molecule has 1 N–H and O–H groups in total. The van der Waals surface area contributed by atoms with Crippen LogP contribution in [0.4, 0.5) is 0 Å². The van der Waals surface area contributed by atoms with Crippen LogP contribution < -0.4 is 34.7 Å². The minimum atomic E-state index is -2.14. The second-order valence-electron chi connectivity index (χ2n) is 2.52. The number of carbonyl (C=O) groups excluding carboxylic acids is 2. The van der Waals surface area contributed by atoms with Crippen molar-refractivity contribution >= 4 is 11.9 Å². The van der Waals surface area contributed by atoms with Crippen molar-refractivity contribution in [2.75, 3.05) is 0 Å². The average molecular weight is 182 g/mol. The number of carboxylic acid groups (broad SMARTS) is 1. The van der Waals surface area contributed by atoms with Crippen LogP contribution in [0.25, 0.3) is 0 Å². The van der Waals surface area contributed by atoms with Crippen LogP contribution in [-0.2, 0) is 14.3 Å². The molecule has 0 spiro atoms. The molecule has 2 unspecified atom stereocenters. The first-order valence-corrected chi connectivity index (χ1v) is 3.10. The van der Waals surface area contributed by atoms with Gasteiger partial charge in [0.05, 0.1) is 12.4 Å². The maximum Gasteiger partial charge on any atom is 1.00 e. The van der Waals surface area contributed by atoms with Crippen molar-refractivity contribution in [1.82, 2.24) is 0 Å². The van der Waals surface area contributed by atoms with Crippen molar-refractivity contribution in [2.45, 2.75) is 25.0 Å². The SMILES string of the molecule is CC1OC(=O)CC1(O)C(=O)[O-].[Na+]. The van der Waals surface area contributed by atoms with Gasteiger partial charge in [-0.15, -0.1) is 0 Å². The molecule has 0 saturated carbocycles. The van der Waals surface area contributed by atoms with Crippen LogP contribution in [0, 0.1) is 0 Å². The molecule has 1 rings (SSSR count). The smallest absolute Gasteiger partial charge is 0.547 e. The minimum absolute atomic E-state index is 0. The van der Waals surface area contributed by atoms with Crippen molar-refractivity contribution < 1.29 is 54.1 Å². The predicted octanol–water partition coefficient (Wildman–Crippen LogP) is -5.19. The van der Waals surface area contributed by atoms with Crippen LogP contribution in [0.1, 0.15) is 13.3 Å². The Hall–Kier alpha value is -0.100. The number of cyclic esters (lactones) is 1. The van der Waals surface area contributed by atoms with Crippen LogP contribution >= 0.6 is 0 Å². The molecule has 1 aliphatic rings. The number of carboxylic acids is 1. The molecule has 0 aromatic rings. The maximum atomic E-state index is 10.5. The molecule has 1 fully saturated rings. The van der Waals surface area contributed by atoms with Gasteiger partial charge in [0.2, 0.25) is 0 Å². The molecular weight excluding hydrogens is 175 g/mol. The van der Waals surface area contributed by atoms with Gasteiger partial charge in [0.15, 0.2) is 5.60 Å². The van der Waals surface area contributed by atoms with E-state index in [1.807, 2.05) is 0 Å². The Kier molecular flexibility index (Phi) is 3.71. The zero-order valence-corrected chi connectivity index (χ0v) is 8.86. The summed E-state index contributed by atoms with van der Waals surface area (Å²) in [4.78, 5) is 20.8. The van der Waals surface area contributed by atoms with E-state index in [1.165, 1.54) is 6.92 Å². The normalized spacial score (nSPS) is 33.8. The summed E-state index contributed by atoms with van der Waals surface area (Å²) >= 11 is 0.